The Hall–Kier alpha value is -2.38. The fourth-order valence-corrected chi connectivity index (χ4v) is 2.18. The van der Waals surface area contributed by atoms with Crippen molar-refractivity contribution in [3.05, 3.63) is 27.9 Å². The molecule has 114 valence electrons. The topological polar surface area (TPSA) is 118 Å². The number of unbranched alkanes of at least 4 members (excludes halogenated alkanes) is 1. The van der Waals surface area contributed by atoms with E-state index in [2.05, 4.69) is 22.0 Å². The van der Waals surface area contributed by atoms with Gasteiger partial charge in [0.05, 0.1) is 4.92 Å². The Kier molecular flexibility index (Phi) is 4.56. The maximum absolute atomic E-state index is 11.0. The number of aromatic nitrogens is 1. The zero-order valence-corrected chi connectivity index (χ0v) is 11.9. The molecule has 0 radical (unpaired) electrons. The number of rotatable bonds is 7. The fourth-order valence-electron chi connectivity index (χ4n) is 2.18. The van der Waals surface area contributed by atoms with Crippen LogP contribution in [-0.2, 0) is 0 Å². The Morgan fingerprint density at radius 1 is 1.62 bits per heavy atom. The summed E-state index contributed by atoms with van der Waals surface area (Å²) in [4.78, 5) is 16.8. The molecule has 1 heterocycles. The second-order valence-electron chi connectivity index (χ2n) is 5.06. The molecule has 0 aromatic carbocycles. The summed E-state index contributed by atoms with van der Waals surface area (Å²) in [6.45, 7) is 2.96. The third kappa shape index (κ3) is 3.39. The van der Waals surface area contributed by atoms with E-state index in [1.54, 1.807) is 6.07 Å². The summed E-state index contributed by atoms with van der Waals surface area (Å²) in [5.41, 5.74) is 5.15. The summed E-state index contributed by atoms with van der Waals surface area (Å²) >= 11 is 0. The molecule has 0 atom stereocenters. The molecule has 2 rings (SSSR count). The minimum atomic E-state index is -0.586. The first-order valence-corrected chi connectivity index (χ1v) is 6.98. The van der Waals surface area contributed by atoms with Crippen molar-refractivity contribution in [2.24, 2.45) is 10.9 Å². The zero-order valence-electron chi connectivity index (χ0n) is 11.9. The van der Waals surface area contributed by atoms with Gasteiger partial charge in [-0.05, 0) is 25.3 Å². The third-order valence-corrected chi connectivity index (χ3v) is 3.44. The smallest absolute Gasteiger partial charge is 0.298 e. The predicted octanol–water partition coefficient (Wildman–Crippen LogP) is 1.85. The van der Waals surface area contributed by atoms with Crippen LogP contribution in [0.25, 0.3) is 0 Å². The lowest BCUT2D eigenvalue weighted by molar-refractivity contribution is -0.385. The minimum Gasteiger partial charge on any atom is -0.409 e. The van der Waals surface area contributed by atoms with Crippen LogP contribution in [-0.4, -0.2) is 33.5 Å². The molecule has 1 aromatic rings. The van der Waals surface area contributed by atoms with Gasteiger partial charge in [-0.15, -0.1) is 0 Å². The number of nitro groups is 1. The molecule has 0 aliphatic heterocycles. The molecule has 0 amide bonds. The van der Waals surface area contributed by atoms with E-state index in [9.17, 15) is 10.1 Å². The number of hydrogen-bond donors (Lipinski definition) is 2. The third-order valence-electron chi connectivity index (χ3n) is 3.44. The largest absolute Gasteiger partial charge is 0.409 e. The van der Waals surface area contributed by atoms with E-state index in [0.29, 0.717) is 11.9 Å². The second kappa shape index (κ2) is 6.38. The zero-order chi connectivity index (χ0) is 15.4. The molecule has 1 aliphatic rings. The Bertz CT molecular complexity index is 557. The number of pyridine rings is 1. The maximum atomic E-state index is 11.0. The number of nitrogens with two attached hydrogens (primary N) is 1. The maximum Gasteiger partial charge on any atom is 0.298 e. The van der Waals surface area contributed by atoms with E-state index >= 15 is 0 Å². The predicted molar refractivity (Wildman–Crippen MR) is 78.7 cm³/mol. The quantitative estimate of drug-likeness (QED) is 0.260. The molecule has 0 saturated heterocycles. The number of amidine groups is 1. The lowest BCUT2D eigenvalue weighted by Crippen LogP contribution is -2.29. The van der Waals surface area contributed by atoms with Crippen LogP contribution in [0.4, 0.5) is 11.5 Å². The van der Waals surface area contributed by atoms with Gasteiger partial charge in [0.1, 0.15) is 5.82 Å². The SMILES string of the molecule is CCCCN(c1ccc([N+](=O)[O-])c(/C(N)=N/O)n1)C1CC1. The van der Waals surface area contributed by atoms with Crippen LogP contribution in [0, 0.1) is 10.1 Å². The Balaban J connectivity index is 2.37. The van der Waals surface area contributed by atoms with Crippen LogP contribution in [0.3, 0.4) is 0 Å². The van der Waals surface area contributed by atoms with Crippen molar-refractivity contribution in [2.45, 2.75) is 38.6 Å². The van der Waals surface area contributed by atoms with Crippen LogP contribution < -0.4 is 10.6 Å². The van der Waals surface area contributed by atoms with Gasteiger partial charge in [-0.2, -0.15) is 0 Å². The number of oxime groups is 1. The fraction of sp³-hybridized carbons (Fsp3) is 0.538. The van der Waals surface area contributed by atoms with Gasteiger partial charge in [-0.3, -0.25) is 10.1 Å². The highest BCUT2D eigenvalue weighted by atomic mass is 16.6. The van der Waals surface area contributed by atoms with Crippen LogP contribution in [0.5, 0.6) is 0 Å². The molecule has 0 spiro atoms. The van der Waals surface area contributed by atoms with E-state index in [0.717, 1.165) is 32.2 Å². The van der Waals surface area contributed by atoms with Crippen molar-refractivity contribution in [3.63, 3.8) is 0 Å². The summed E-state index contributed by atoms with van der Waals surface area (Å²) in [7, 11) is 0. The molecule has 8 nitrogen and oxygen atoms in total. The lowest BCUT2D eigenvalue weighted by Gasteiger charge is -2.23. The molecule has 1 fully saturated rings. The van der Waals surface area contributed by atoms with E-state index in [4.69, 9.17) is 10.9 Å². The van der Waals surface area contributed by atoms with Gasteiger partial charge in [-0.1, -0.05) is 18.5 Å². The van der Waals surface area contributed by atoms with Crippen LogP contribution in [0.2, 0.25) is 0 Å². The second-order valence-corrected chi connectivity index (χ2v) is 5.06. The molecule has 0 unspecified atom stereocenters. The first kappa shape index (κ1) is 15.0. The monoisotopic (exact) mass is 293 g/mol. The Morgan fingerprint density at radius 3 is 2.86 bits per heavy atom. The van der Waals surface area contributed by atoms with Gasteiger partial charge in [0.25, 0.3) is 5.69 Å². The van der Waals surface area contributed by atoms with Crippen LogP contribution in [0.15, 0.2) is 17.3 Å². The van der Waals surface area contributed by atoms with E-state index < -0.39 is 4.92 Å². The molecule has 3 N–H and O–H groups in total. The molecule has 21 heavy (non-hydrogen) atoms. The van der Waals surface area contributed by atoms with Gasteiger partial charge in [0, 0.05) is 18.7 Å². The first-order valence-electron chi connectivity index (χ1n) is 6.98. The molecule has 8 heteroatoms. The summed E-state index contributed by atoms with van der Waals surface area (Å²) in [6.07, 6.45) is 4.28. The molecule has 1 aromatic heterocycles. The highest BCUT2D eigenvalue weighted by Crippen LogP contribution is 2.32. The average Bonchev–Trinajstić information content (AvgIpc) is 3.31. The number of hydrogen-bond acceptors (Lipinski definition) is 6. The van der Waals surface area contributed by atoms with E-state index in [-0.39, 0.29) is 17.2 Å². The van der Waals surface area contributed by atoms with Gasteiger partial charge >= 0.3 is 0 Å². The van der Waals surface area contributed by atoms with E-state index in [1.807, 2.05) is 0 Å². The molecule has 0 bridgehead atoms. The molecular weight excluding hydrogens is 274 g/mol. The summed E-state index contributed by atoms with van der Waals surface area (Å²) < 4.78 is 0. The number of anilines is 1. The molecule has 1 aliphatic carbocycles. The Morgan fingerprint density at radius 2 is 2.33 bits per heavy atom. The van der Waals surface area contributed by atoms with Crippen molar-refractivity contribution in [1.82, 2.24) is 4.98 Å². The average molecular weight is 293 g/mol. The number of nitrogens with zero attached hydrogens (tertiary/aromatic N) is 4. The molecular formula is C13H19N5O3. The van der Waals surface area contributed by atoms with Crippen molar-refractivity contribution in [1.29, 1.82) is 0 Å². The summed E-state index contributed by atoms with van der Waals surface area (Å²) in [5, 5.41) is 22.6. The standard InChI is InChI=1S/C13H19N5O3/c1-2-3-8-17(9-4-5-9)11-7-6-10(18(20)21)12(15-11)13(14)16-19/h6-7,9,19H,2-5,8H2,1H3,(H2,14,16). The van der Waals surface area contributed by atoms with Crippen molar-refractivity contribution >= 4 is 17.3 Å². The highest BCUT2D eigenvalue weighted by Gasteiger charge is 2.31. The summed E-state index contributed by atoms with van der Waals surface area (Å²) in [5.74, 6) is 0.285. The van der Waals surface area contributed by atoms with Gasteiger partial charge in [0.2, 0.25) is 0 Å². The highest BCUT2D eigenvalue weighted by molar-refractivity contribution is 5.99. The van der Waals surface area contributed by atoms with E-state index in [1.165, 1.54) is 6.07 Å². The molecule has 1 saturated carbocycles. The summed E-state index contributed by atoms with van der Waals surface area (Å²) in [6, 6.07) is 3.42. The van der Waals surface area contributed by atoms with Crippen LogP contribution >= 0.6 is 0 Å². The minimum absolute atomic E-state index is 0.0952. The normalized spacial score (nSPS) is 15.0. The lowest BCUT2D eigenvalue weighted by atomic mass is 10.2. The van der Waals surface area contributed by atoms with Gasteiger partial charge < -0.3 is 15.8 Å². The van der Waals surface area contributed by atoms with Crippen molar-refractivity contribution in [3.8, 4) is 0 Å². The Labute approximate surface area is 122 Å². The first-order chi connectivity index (χ1) is 10.1. The van der Waals surface area contributed by atoms with Gasteiger partial charge in [-0.25, -0.2) is 4.98 Å². The van der Waals surface area contributed by atoms with Gasteiger partial charge in [0.15, 0.2) is 11.5 Å². The van der Waals surface area contributed by atoms with Crippen molar-refractivity contribution in [2.75, 3.05) is 11.4 Å². The van der Waals surface area contributed by atoms with Crippen molar-refractivity contribution < 1.29 is 10.1 Å². The van der Waals surface area contributed by atoms with Crippen LogP contribution in [0.1, 0.15) is 38.3 Å².